The molecule has 0 atom stereocenters. The molecule has 3 aromatic rings. The largest absolute Gasteiger partial charge is 0.379 e. The van der Waals surface area contributed by atoms with Crippen molar-refractivity contribution in [3.8, 4) is 10.4 Å². The van der Waals surface area contributed by atoms with Gasteiger partial charge in [0.2, 0.25) is 0 Å². The number of halogens is 1. The topological polar surface area (TPSA) is 70.7 Å². The molecule has 0 radical (unpaired) electrons. The summed E-state index contributed by atoms with van der Waals surface area (Å²) in [5.41, 5.74) is 7.26. The van der Waals surface area contributed by atoms with Crippen LogP contribution in [0.25, 0.3) is 10.4 Å². The highest BCUT2D eigenvalue weighted by Crippen LogP contribution is 2.28. The number of hydrogen-bond acceptors (Lipinski definition) is 5. The third-order valence-corrected chi connectivity index (χ3v) is 6.08. The van der Waals surface area contributed by atoms with Crippen molar-refractivity contribution in [1.29, 1.82) is 0 Å². The van der Waals surface area contributed by atoms with E-state index >= 15 is 0 Å². The summed E-state index contributed by atoms with van der Waals surface area (Å²) in [6, 6.07) is 16.9. The molecule has 4 rings (SSSR count). The van der Waals surface area contributed by atoms with Crippen molar-refractivity contribution in [1.82, 2.24) is 15.8 Å². The first kappa shape index (κ1) is 21.2. The molecule has 6 nitrogen and oxygen atoms in total. The van der Waals surface area contributed by atoms with Gasteiger partial charge in [-0.05, 0) is 47.5 Å². The standard InChI is InChI=1S/C23H22FN3O3S/c24-19-6-4-17(5-7-19)20-8-9-21(31-20)23(29)26-25-22(28)18-3-1-2-16(14-18)15-27-10-12-30-13-11-27/h1-9,14H,10-13,15H2,(H,25,28)(H,26,29). The lowest BCUT2D eigenvalue weighted by molar-refractivity contribution is 0.0342. The number of morpholine rings is 1. The molecule has 1 aliphatic rings. The SMILES string of the molecule is O=C(NNC(=O)c1ccc(-c2ccc(F)cc2)s1)c1cccc(CN2CCOCC2)c1. The Morgan fingerprint density at radius 2 is 1.71 bits per heavy atom. The number of rotatable bonds is 5. The van der Waals surface area contributed by atoms with Gasteiger partial charge in [0, 0.05) is 30.1 Å². The van der Waals surface area contributed by atoms with Gasteiger partial charge >= 0.3 is 0 Å². The van der Waals surface area contributed by atoms with E-state index in [0.29, 0.717) is 10.4 Å². The summed E-state index contributed by atoms with van der Waals surface area (Å²) in [6.45, 7) is 3.92. The van der Waals surface area contributed by atoms with Gasteiger partial charge in [0.1, 0.15) is 5.82 Å². The predicted molar refractivity (Wildman–Crippen MR) is 117 cm³/mol. The summed E-state index contributed by atoms with van der Waals surface area (Å²) in [5, 5.41) is 0. The molecule has 0 bridgehead atoms. The Balaban J connectivity index is 1.33. The first-order chi connectivity index (χ1) is 15.1. The van der Waals surface area contributed by atoms with Crippen LogP contribution in [0.2, 0.25) is 0 Å². The first-order valence-electron chi connectivity index (χ1n) is 9.94. The molecule has 2 heterocycles. The second kappa shape index (κ2) is 9.82. The van der Waals surface area contributed by atoms with Crippen LogP contribution in [0.3, 0.4) is 0 Å². The van der Waals surface area contributed by atoms with Crippen molar-refractivity contribution in [2.24, 2.45) is 0 Å². The number of benzene rings is 2. The number of amides is 2. The van der Waals surface area contributed by atoms with E-state index in [0.717, 1.165) is 48.9 Å². The molecule has 8 heteroatoms. The molecule has 0 saturated carbocycles. The third-order valence-electron chi connectivity index (χ3n) is 4.95. The number of thiophene rings is 1. The first-order valence-corrected chi connectivity index (χ1v) is 10.8. The van der Waals surface area contributed by atoms with Crippen molar-refractivity contribution in [3.05, 3.63) is 82.5 Å². The van der Waals surface area contributed by atoms with Crippen molar-refractivity contribution < 1.29 is 18.7 Å². The molecular formula is C23H22FN3O3S. The van der Waals surface area contributed by atoms with Crippen molar-refractivity contribution >= 4 is 23.2 Å². The number of hydrogen-bond donors (Lipinski definition) is 2. The van der Waals surface area contributed by atoms with Gasteiger partial charge < -0.3 is 4.74 Å². The Morgan fingerprint density at radius 3 is 2.48 bits per heavy atom. The van der Waals surface area contributed by atoms with Crippen LogP contribution < -0.4 is 10.9 Å². The van der Waals surface area contributed by atoms with Gasteiger partial charge in [-0.2, -0.15) is 0 Å². The Labute approximate surface area is 183 Å². The number of nitrogens with one attached hydrogen (secondary N) is 2. The quantitative estimate of drug-likeness (QED) is 0.598. The minimum atomic E-state index is -0.406. The fourth-order valence-corrected chi connectivity index (χ4v) is 4.21. The molecule has 2 N–H and O–H groups in total. The maximum atomic E-state index is 13.1. The number of nitrogens with zero attached hydrogens (tertiary/aromatic N) is 1. The van der Waals surface area contributed by atoms with Gasteiger partial charge in [-0.25, -0.2) is 4.39 Å². The van der Waals surface area contributed by atoms with Crippen LogP contribution in [0.4, 0.5) is 4.39 Å². The van der Waals surface area contributed by atoms with E-state index in [2.05, 4.69) is 15.8 Å². The smallest absolute Gasteiger partial charge is 0.279 e. The lowest BCUT2D eigenvalue weighted by atomic mass is 10.1. The third kappa shape index (κ3) is 5.55. The second-order valence-corrected chi connectivity index (χ2v) is 8.25. The molecule has 1 saturated heterocycles. The molecule has 0 aliphatic carbocycles. The summed E-state index contributed by atoms with van der Waals surface area (Å²) in [4.78, 5) is 28.5. The van der Waals surface area contributed by atoms with Crippen LogP contribution in [0.5, 0.6) is 0 Å². The Hall–Kier alpha value is -3.07. The summed E-state index contributed by atoms with van der Waals surface area (Å²) >= 11 is 1.27. The summed E-state index contributed by atoms with van der Waals surface area (Å²) in [5.74, 6) is -1.10. The maximum Gasteiger partial charge on any atom is 0.279 e. The number of hydrazine groups is 1. The zero-order valence-corrected chi connectivity index (χ0v) is 17.6. The highest BCUT2D eigenvalue weighted by Gasteiger charge is 2.14. The van der Waals surface area contributed by atoms with Crippen LogP contribution in [0.15, 0.2) is 60.7 Å². The normalized spacial score (nSPS) is 14.2. The minimum absolute atomic E-state index is 0.310. The lowest BCUT2D eigenvalue weighted by Gasteiger charge is -2.26. The molecule has 31 heavy (non-hydrogen) atoms. The maximum absolute atomic E-state index is 13.1. The Morgan fingerprint density at radius 1 is 0.968 bits per heavy atom. The molecule has 160 valence electrons. The van der Waals surface area contributed by atoms with E-state index in [1.54, 1.807) is 30.3 Å². The number of carbonyl (C=O) groups is 2. The van der Waals surface area contributed by atoms with E-state index in [1.165, 1.54) is 23.5 Å². The van der Waals surface area contributed by atoms with E-state index in [-0.39, 0.29) is 11.7 Å². The van der Waals surface area contributed by atoms with Gasteiger partial charge in [-0.1, -0.05) is 24.3 Å². The molecule has 1 fully saturated rings. The molecule has 1 aromatic heterocycles. The van der Waals surface area contributed by atoms with Crippen molar-refractivity contribution in [2.75, 3.05) is 26.3 Å². The average molecular weight is 440 g/mol. The predicted octanol–water partition coefficient (Wildman–Crippen LogP) is 3.46. The van der Waals surface area contributed by atoms with Gasteiger partial charge in [0.15, 0.2) is 0 Å². The van der Waals surface area contributed by atoms with Crippen LogP contribution in [0.1, 0.15) is 25.6 Å². The van der Waals surface area contributed by atoms with Gasteiger partial charge in [0.25, 0.3) is 11.8 Å². The van der Waals surface area contributed by atoms with Gasteiger partial charge in [-0.15, -0.1) is 11.3 Å². The molecule has 1 aliphatic heterocycles. The van der Waals surface area contributed by atoms with Crippen molar-refractivity contribution in [3.63, 3.8) is 0 Å². The Bertz CT molecular complexity index is 1060. The summed E-state index contributed by atoms with van der Waals surface area (Å²) in [7, 11) is 0. The fraction of sp³-hybridized carbons (Fsp3) is 0.217. The minimum Gasteiger partial charge on any atom is -0.379 e. The second-order valence-electron chi connectivity index (χ2n) is 7.17. The van der Waals surface area contributed by atoms with E-state index < -0.39 is 5.91 Å². The van der Waals surface area contributed by atoms with Crippen LogP contribution >= 0.6 is 11.3 Å². The molecule has 2 aromatic carbocycles. The summed E-state index contributed by atoms with van der Waals surface area (Å²) < 4.78 is 18.4. The van der Waals surface area contributed by atoms with Crippen LogP contribution in [-0.4, -0.2) is 43.0 Å². The van der Waals surface area contributed by atoms with Crippen LogP contribution in [0, 0.1) is 5.82 Å². The zero-order chi connectivity index (χ0) is 21.6. The Kier molecular flexibility index (Phi) is 6.71. The van der Waals surface area contributed by atoms with Crippen LogP contribution in [-0.2, 0) is 11.3 Å². The highest BCUT2D eigenvalue weighted by atomic mass is 32.1. The monoisotopic (exact) mass is 439 g/mol. The summed E-state index contributed by atoms with van der Waals surface area (Å²) in [6.07, 6.45) is 0. The van der Waals surface area contributed by atoms with E-state index in [9.17, 15) is 14.0 Å². The molecule has 2 amide bonds. The number of ether oxygens (including phenoxy) is 1. The van der Waals surface area contributed by atoms with Gasteiger partial charge in [-0.3, -0.25) is 25.3 Å². The highest BCUT2D eigenvalue weighted by molar-refractivity contribution is 7.17. The molecular weight excluding hydrogens is 417 g/mol. The molecule has 0 unspecified atom stereocenters. The fourth-order valence-electron chi connectivity index (χ4n) is 3.30. The zero-order valence-electron chi connectivity index (χ0n) is 16.8. The average Bonchev–Trinajstić information content (AvgIpc) is 3.29. The lowest BCUT2D eigenvalue weighted by Crippen LogP contribution is -2.41. The molecule has 0 spiro atoms. The number of carbonyl (C=O) groups excluding carboxylic acids is 2. The van der Waals surface area contributed by atoms with E-state index in [1.807, 2.05) is 18.2 Å². The van der Waals surface area contributed by atoms with E-state index in [4.69, 9.17) is 4.74 Å². The van der Waals surface area contributed by atoms with Gasteiger partial charge in [0.05, 0.1) is 18.1 Å². The van der Waals surface area contributed by atoms with Crippen molar-refractivity contribution in [2.45, 2.75) is 6.54 Å².